The molecule has 0 heterocycles. The van der Waals surface area contributed by atoms with Gasteiger partial charge in [-0.1, -0.05) is 35.0 Å². The number of carbonyl (C=O) groups is 1. The van der Waals surface area contributed by atoms with E-state index in [1.807, 2.05) is 31.2 Å². The highest BCUT2D eigenvalue weighted by molar-refractivity contribution is 9.10. The predicted octanol–water partition coefficient (Wildman–Crippen LogP) is 2.80. The van der Waals surface area contributed by atoms with Crippen LogP contribution in [-0.4, -0.2) is 11.9 Å². The van der Waals surface area contributed by atoms with Crippen LogP contribution >= 0.6 is 15.9 Å². The summed E-state index contributed by atoms with van der Waals surface area (Å²) in [4.78, 5) is 11.7. The van der Waals surface area contributed by atoms with Crippen molar-refractivity contribution in [1.82, 2.24) is 5.32 Å². The third-order valence-electron chi connectivity index (χ3n) is 2.45. The number of rotatable bonds is 5. The molecule has 1 unspecified atom stereocenters. The molecule has 0 aliphatic carbocycles. The van der Waals surface area contributed by atoms with Gasteiger partial charge in [-0.2, -0.15) is 5.26 Å². The van der Waals surface area contributed by atoms with Crippen molar-refractivity contribution in [3.8, 4) is 6.07 Å². The van der Waals surface area contributed by atoms with E-state index in [1.54, 1.807) is 0 Å². The fraction of sp³-hybridized carbons (Fsp3) is 0.385. The van der Waals surface area contributed by atoms with Crippen LogP contribution in [0.4, 0.5) is 0 Å². The number of nitriles is 1. The topological polar surface area (TPSA) is 52.9 Å². The minimum atomic E-state index is -0.0420. The molecule has 1 aromatic rings. The second-order valence-electron chi connectivity index (χ2n) is 3.84. The Labute approximate surface area is 110 Å². The highest BCUT2D eigenvalue weighted by Gasteiger charge is 2.10. The summed E-state index contributed by atoms with van der Waals surface area (Å²) >= 11 is 3.37. The summed E-state index contributed by atoms with van der Waals surface area (Å²) < 4.78 is 0.965. The monoisotopic (exact) mass is 294 g/mol. The maximum Gasteiger partial charge on any atom is 0.224 e. The molecule has 0 radical (unpaired) electrons. The summed E-state index contributed by atoms with van der Waals surface area (Å²) in [5.41, 5.74) is 0.962. The Morgan fingerprint density at radius 2 is 2.35 bits per heavy atom. The first-order valence-electron chi connectivity index (χ1n) is 5.56. The van der Waals surface area contributed by atoms with Crippen molar-refractivity contribution in [1.29, 1.82) is 5.26 Å². The minimum absolute atomic E-state index is 0.0369. The van der Waals surface area contributed by atoms with Crippen LogP contribution in [0.1, 0.15) is 25.3 Å². The molecule has 17 heavy (non-hydrogen) atoms. The second kappa shape index (κ2) is 7.08. The SMILES string of the molecule is CCC(CC#N)NC(=O)Cc1cccc(Br)c1. The summed E-state index contributed by atoms with van der Waals surface area (Å²) in [5, 5.41) is 11.5. The van der Waals surface area contributed by atoms with Crippen molar-refractivity contribution < 1.29 is 4.79 Å². The van der Waals surface area contributed by atoms with Crippen molar-refractivity contribution in [3.05, 3.63) is 34.3 Å². The van der Waals surface area contributed by atoms with Gasteiger partial charge in [-0.15, -0.1) is 0 Å². The normalized spacial score (nSPS) is 11.6. The van der Waals surface area contributed by atoms with Crippen molar-refractivity contribution >= 4 is 21.8 Å². The van der Waals surface area contributed by atoms with Gasteiger partial charge in [-0.05, 0) is 24.1 Å². The summed E-state index contributed by atoms with van der Waals surface area (Å²) in [6.07, 6.45) is 1.49. The van der Waals surface area contributed by atoms with E-state index >= 15 is 0 Å². The number of nitrogens with one attached hydrogen (secondary N) is 1. The zero-order valence-electron chi connectivity index (χ0n) is 9.74. The molecule has 4 heteroatoms. The number of benzene rings is 1. The lowest BCUT2D eigenvalue weighted by atomic mass is 10.1. The van der Waals surface area contributed by atoms with Crippen LogP contribution in [0.2, 0.25) is 0 Å². The van der Waals surface area contributed by atoms with E-state index in [0.29, 0.717) is 12.8 Å². The molecule has 1 atom stereocenters. The molecule has 1 N–H and O–H groups in total. The lowest BCUT2D eigenvalue weighted by molar-refractivity contribution is -0.121. The van der Waals surface area contributed by atoms with Crippen molar-refractivity contribution in [3.63, 3.8) is 0 Å². The quantitative estimate of drug-likeness (QED) is 0.908. The van der Waals surface area contributed by atoms with E-state index in [2.05, 4.69) is 27.3 Å². The van der Waals surface area contributed by atoms with Crippen molar-refractivity contribution in [2.24, 2.45) is 0 Å². The van der Waals surface area contributed by atoms with E-state index < -0.39 is 0 Å². The first-order chi connectivity index (χ1) is 8.15. The van der Waals surface area contributed by atoms with Gasteiger partial charge in [0.1, 0.15) is 0 Å². The average molecular weight is 295 g/mol. The van der Waals surface area contributed by atoms with Gasteiger partial charge in [-0.25, -0.2) is 0 Å². The molecule has 0 saturated carbocycles. The Hall–Kier alpha value is -1.34. The van der Waals surface area contributed by atoms with E-state index in [0.717, 1.165) is 16.5 Å². The minimum Gasteiger partial charge on any atom is -0.352 e. The zero-order chi connectivity index (χ0) is 12.7. The van der Waals surface area contributed by atoms with E-state index in [4.69, 9.17) is 5.26 Å². The van der Waals surface area contributed by atoms with Gasteiger partial charge < -0.3 is 5.32 Å². The van der Waals surface area contributed by atoms with Gasteiger partial charge in [0.15, 0.2) is 0 Å². The van der Waals surface area contributed by atoms with Crippen LogP contribution < -0.4 is 5.32 Å². The number of amides is 1. The molecule has 0 aliphatic heterocycles. The Kier molecular flexibility index (Phi) is 5.71. The Morgan fingerprint density at radius 1 is 1.59 bits per heavy atom. The molecule has 0 saturated heterocycles. The molecule has 1 amide bonds. The van der Waals surface area contributed by atoms with Gasteiger partial charge in [0, 0.05) is 10.5 Å². The molecular weight excluding hydrogens is 280 g/mol. The number of hydrogen-bond donors (Lipinski definition) is 1. The molecule has 0 spiro atoms. The zero-order valence-corrected chi connectivity index (χ0v) is 11.3. The number of halogens is 1. The first kappa shape index (κ1) is 13.7. The van der Waals surface area contributed by atoms with E-state index in [9.17, 15) is 4.79 Å². The lowest BCUT2D eigenvalue weighted by Crippen LogP contribution is -2.35. The fourth-order valence-corrected chi connectivity index (χ4v) is 1.97. The van der Waals surface area contributed by atoms with Gasteiger partial charge in [0.2, 0.25) is 5.91 Å². The summed E-state index contributed by atoms with van der Waals surface area (Å²) in [5.74, 6) is -0.0369. The third kappa shape index (κ3) is 5.01. The smallest absolute Gasteiger partial charge is 0.224 e. The largest absolute Gasteiger partial charge is 0.352 e. The average Bonchev–Trinajstić information content (AvgIpc) is 2.28. The van der Waals surface area contributed by atoms with Crippen LogP contribution in [0, 0.1) is 11.3 Å². The molecule has 90 valence electrons. The van der Waals surface area contributed by atoms with Crippen LogP contribution in [0.15, 0.2) is 28.7 Å². The van der Waals surface area contributed by atoms with Gasteiger partial charge >= 0.3 is 0 Å². The maximum absolute atomic E-state index is 11.7. The number of hydrogen-bond acceptors (Lipinski definition) is 2. The Morgan fingerprint density at radius 3 is 2.94 bits per heavy atom. The molecule has 0 fully saturated rings. The number of carbonyl (C=O) groups excluding carboxylic acids is 1. The van der Waals surface area contributed by atoms with E-state index in [1.165, 1.54) is 0 Å². The molecule has 3 nitrogen and oxygen atoms in total. The molecule has 1 aromatic carbocycles. The van der Waals surface area contributed by atoms with Crippen molar-refractivity contribution in [2.75, 3.05) is 0 Å². The molecule has 0 bridgehead atoms. The highest BCUT2D eigenvalue weighted by Crippen LogP contribution is 2.12. The standard InChI is InChI=1S/C13H15BrN2O/c1-2-12(6-7-15)16-13(17)9-10-4-3-5-11(14)8-10/h3-5,8,12H,2,6,9H2,1H3,(H,16,17). The molecule has 0 aromatic heterocycles. The van der Waals surface area contributed by atoms with Crippen LogP contribution in [-0.2, 0) is 11.2 Å². The second-order valence-corrected chi connectivity index (χ2v) is 4.76. The highest BCUT2D eigenvalue weighted by atomic mass is 79.9. The summed E-state index contributed by atoms with van der Waals surface area (Å²) in [6.45, 7) is 1.96. The molecule has 1 rings (SSSR count). The predicted molar refractivity (Wildman–Crippen MR) is 70.3 cm³/mol. The van der Waals surface area contributed by atoms with Gasteiger partial charge in [0.25, 0.3) is 0 Å². The summed E-state index contributed by atoms with van der Waals surface area (Å²) in [6, 6.07) is 9.69. The Balaban J connectivity index is 2.52. The lowest BCUT2D eigenvalue weighted by Gasteiger charge is -2.13. The molecule has 0 aliphatic rings. The van der Waals surface area contributed by atoms with Crippen LogP contribution in [0.5, 0.6) is 0 Å². The molecular formula is C13H15BrN2O. The number of nitrogens with zero attached hydrogens (tertiary/aromatic N) is 1. The maximum atomic E-state index is 11.7. The van der Waals surface area contributed by atoms with E-state index in [-0.39, 0.29) is 11.9 Å². The van der Waals surface area contributed by atoms with Crippen LogP contribution in [0.3, 0.4) is 0 Å². The summed E-state index contributed by atoms with van der Waals surface area (Å²) in [7, 11) is 0. The fourth-order valence-electron chi connectivity index (χ4n) is 1.52. The van der Waals surface area contributed by atoms with Gasteiger partial charge in [-0.3, -0.25) is 4.79 Å². The Bertz CT molecular complexity index is 426. The van der Waals surface area contributed by atoms with Crippen molar-refractivity contribution in [2.45, 2.75) is 32.2 Å². The third-order valence-corrected chi connectivity index (χ3v) is 2.94. The van der Waals surface area contributed by atoms with Crippen LogP contribution in [0.25, 0.3) is 0 Å². The van der Waals surface area contributed by atoms with Gasteiger partial charge in [0.05, 0.1) is 18.9 Å². The first-order valence-corrected chi connectivity index (χ1v) is 6.35.